The van der Waals surface area contributed by atoms with Crippen LogP contribution in [-0.4, -0.2) is 56.5 Å². The van der Waals surface area contributed by atoms with E-state index in [1.165, 1.54) is 0 Å². The van der Waals surface area contributed by atoms with E-state index >= 15 is 0 Å². The van der Waals surface area contributed by atoms with Gasteiger partial charge in [-0.2, -0.15) is 0 Å². The van der Waals surface area contributed by atoms with E-state index in [9.17, 15) is 13.2 Å². The van der Waals surface area contributed by atoms with Crippen LogP contribution in [0.4, 0.5) is 0 Å². The van der Waals surface area contributed by atoms with E-state index in [1.54, 1.807) is 23.9 Å². The molecule has 144 valence electrons. The zero-order chi connectivity index (χ0) is 18.9. The fourth-order valence-corrected chi connectivity index (χ4v) is 6.00. The van der Waals surface area contributed by atoms with Crippen LogP contribution < -0.4 is 10.0 Å². The predicted octanol–water partition coefficient (Wildman–Crippen LogP) is 1.63. The van der Waals surface area contributed by atoms with Crippen LogP contribution in [0.3, 0.4) is 0 Å². The lowest BCUT2D eigenvalue weighted by Crippen LogP contribution is -2.42. The van der Waals surface area contributed by atoms with Gasteiger partial charge in [0.25, 0.3) is 0 Å². The molecule has 0 aromatic heterocycles. The molecule has 2 aliphatic rings. The van der Waals surface area contributed by atoms with E-state index in [4.69, 9.17) is 0 Å². The van der Waals surface area contributed by atoms with Crippen LogP contribution in [0.1, 0.15) is 6.42 Å². The minimum Gasteiger partial charge on any atom is -0.331 e. The van der Waals surface area contributed by atoms with Crippen LogP contribution in [-0.2, 0) is 14.8 Å². The molecular weight excluding hydrogens is 382 g/mol. The van der Waals surface area contributed by atoms with Crippen molar-refractivity contribution in [3.63, 3.8) is 0 Å². The highest BCUT2D eigenvalue weighted by atomic mass is 32.2. The minimum atomic E-state index is -3.60. The second kappa shape index (κ2) is 7.79. The molecule has 2 fully saturated rings. The van der Waals surface area contributed by atoms with Crippen LogP contribution in [0.2, 0.25) is 0 Å². The molecule has 2 heterocycles. The van der Waals surface area contributed by atoms with Crippen molar-refractivity contribution in [1.29, 1.82) is 0 Å². The third-order valence-electron chi connectivity index (χ3n) is 5.19. The van der Waals surface area contributed by atoms with Crippen molar-refractivity contribution < 1.29 is 13.2 Å². The summed E-state index contributed by atoms with van der Waals surface area (Å²) in [6, 6.07) is 12.6. The van der Waals surface area contributed by atoms with Gasteiger partial charge in [-0.05, 0) is 23.8 Å². The summed E-state index contributed by atoms with van der Waals surface area (Å²) in [7, 11) is -3.60. The average Bonchev–Trinajstić information content (AvgIpc) is 3.37. The van der Waals surface area contributed by atoms with Gasteiger partial charge in [-0.3, -0.25) is 4.79 Å². The Bertz CT molecular complexity index is 937. The molecule has 2 aromatic rings. The monoisotopic (exact) mass is 405 g/mol. The highest BCUT2D eigenvalue weighted by molar-refractivity contribution is 7.99. The van der Waals surface area contributed by atoms with Crippen LogP contribution in [0.15, 0.2) is 47.4 Å². The second-order valence-electron chi connectivity index (χ2n) is 7.03. The van der Waals surface area contributed by atoms with Crippen LogP contribution in [0.5, 0.6) is 0 Å². The largest absolute Gasteiger partial charge is 0.331 e. The molecule has 2 saturated heterocycles. The normalized spacial score (nSPS) is 23.2. The summed E-state index contributed by atoms with van der Waals surface area (Å²) >= 11 is 1.77. The number of benzene rings is 2. The zero-order valence-electron chi connectivity index (χ0n) is 14.9. The molecule has 27 heavy (non-hydrogen) atoms. The molecule has 2 N–H and O–H groups in total. The summed E-state index contributed by atoms with van der Waals surface area (Å²) in [5.74, 6) is 2.00. The van der Waals surface area contributed by atoms with Gasteiger partial charge in [0.15, 0.2) is 0 Å². The fourth-order valence-electron chi connectivity index (χ4n) is 3.70. The van der Waals surface area contributed by atoms with E-state index in [0.29, 0.717) is 24.4 Å². The Morgan fingerprint density at radius 1 is 1.22 bits per heavy atom. The van der Waals surface area contributed by atoms with E-state index < -0.39 is 10.0 Å². The molecule has 0 saturated carbocycles. The van der Waals surface area contributed by atoms with Crippen molar-refractivity contribution in [3.8, 4) is 0 Å². The number of rotatable bonds is 5. The summed E-state index contributed by atoms with van der Waals surface area (Å²) in [4.78, 5) is 14.7. The van der Waals surface area contributed by atoms with Crippen LogP contribution in [0, 0.1) is 5.92 Å². The summed E-state index contributed by atoms with van der Waals surface area (Å²) < 4.78 is 28.4. The Kier molecular flexibility index (Phi) is 5.41. The first kappa shape index (κ1) is 18.7. The lowest BCUT2D eigenvalue weighted by Gasteiger charge is -2.19. The number of carbonyl (C=O) groups excluding carboxylic acids is 1. The Hall–Kier alpha value is -1.61. The highest BCUT2D eigenvalue weighted by Crippen LogP contribution is 2.24. The topological polar surface area (TPSA) is 78.5 Å². The van der Waals surface area contributed by atoms with Crippen molar-refractivity contribution >= 4 is 38.5 Å². The number of carbonyl (C=O) groups is 1. The van der Waals surface area contributed by atoms with Gasteiger partial charge in [0.1, 0.15) is 0 Å². The summed E-state index contributed by atoms with van der Waals surface area (Å²) in [5, 5.41) is 4.87. The number of fused-ring (bicyclic) bond motifs is 1. The van der Waals surface area contributed by atoms with Gasteiger partial charge in [0.05, 0.1) is 16.8 Å². The van der Waals surface area contributed by atoms with E-state index in [1.807, 2.05) is 35.2 Å². The number of hydrogen-bond acceptors (Lipinski definition) is 5. The Morgan fingerprint density at radius 3 is 2.85 bits per heavy atom. The lowest BCUT2D eigenvalue weighted by molar-refractivity contribution is -0.131. The van der Waals surface area contributed by atoms with Crippen molar-refractivity contribution in [1.82, 2.24) is 14.9 Å². The smallest absolute Gasteiger partial charge is 0.241 e. The van der Waals surface area contributed by atoms with Crippen molar-refractivity contribution in [3.05, 3.63) is 42.5 Å². The molecule has 0 unspecified atom stereocenters. The van der Waals surface area contributed by atoms with Gasteiger partial charge in [0.2, 0.25) is 15.9 Å². The SMILES string of the molecule is O=C([C@@H]1C[C@H](CNS(=O)(=O)c2cccc3ccccc23)CN1)N1CCSC1. The van der Waals surface area contributed by atoms with Crippen molar-refractivity contribution in [2.45, 2.75) is 17.4 Å². The number of nitrogens with one attached hydrogen (secondary N) is 2. The maximum Gasteiger partial charge on any atom is 0.241 e. The molecule has 0 bridgehead atoms. The average molecular weight is 406 g/mol. The second-order valence-corrected chi connectivity index (χ2v) is 9.84. The number of sulfonamides is 1. The van der Waals surface area contributed by atoms with Crippen LogP contribution in [0.25, 0.3) is 10.8 Å². The molecule has 2 aromatic carbocycles. The van der Waals surface area contributed by atoms with E-state index in [-0.39, 0.29) is 17.9 Å². The third-order valence-corrected chi connectivity index (χ3v) is 7.63. The van der Waals surface area contributed by atoms with E-state index in [2.05, 4.69) is 10.0 Å². The molecule has 0 radical (unpaired) electrons. The molecule has 8 heteroatoms. The van der Waals surface area contributed by atoms with Gasteiger partial charge < -0.3 is 10.2 Å². The zero-order valence-corrected chi connectivity index (χ0v) is 16.6. The Morgan fingerprint density at radius 2 is 2.04 bits per heavy atom. The number of amides is 1. The maximum atomic E-state index is 12.8. The standard InChI is InChI=1S/C19H23N3O3S2/c23-19(22-8-9-26-13-22)17-10-14(11-20-17)12-21-27(24,25)18-7-3-5-15-4-1-2-6-16(15)18/h1-7,14,17,20-21H,8-13H2/t14-,17-/m0/s1. The molecule has 2 aliphatic heterocycles. The number of thioether (sulfide) groups is 1. The van der Waals surface area contributed by atoms with Gasteiger partial charge in [0, 0.05) is 30.8 Å². The third kappa shape index (κ3) is 3.99. The van der Waals surface area contributed by atoms with Gasteiger partial charge in [-0.25, -0.2) is 13.1 Å². The van der Waals surface area contributed by atoms with Gasteiger partial charge in [-0.1, -0.05) is 36.4 Å². The predicted molar refractivity (Wildman–Crippen MR) is 108 cm³/mol. The van der Waals surface area contributed by atoms with Crippen molar-refractivity contribution in [2.24, 2.45) is 5.92 Å². The van der Waals surface area contributed by atoms with E-state index in [0.717, 1.165) is 28.9 Å². The number of nitrogens with zero attached hydrogens (tertiary/aromatic N) is 1. The first-order valence-electron chi connectivity index (χ1n) is 9.12. The van der Waals surface area contributed by atoms with Crippen molar-refractivity contribution in [2.75, 3.05) is 31.3 Å². The fraction of sp³-hybridized carbons (Fsp3) is 0.421. The quantitative estimate of drug-likeness (QED) is 0.791. The van der Waals surface area contributed by atoms with Crippen LogP contribution >= 0.6 is 11.8 Å². The van der Waals surface area contributed by atoms with Gasteiger partial charge in [-0.15, -0.1) is 11.8 Å². The molecule has 0 aliphatic carbocycles. The Balaban J connectivity index is 1.40. The summed E-state index contributed by atoms with van der Waals surface area (Å²) in [5.41, 5.74) is 0. The molecule has 1 amide bonds. The summed E-state index contributed by atoms with van der Waals surface area (Å²) in [6.45, 7) is 1.78. The molecule has 0 spiro atoms. The molecule has 2 atom stereocenters. The molecular formula is C19H23N3O3S2. The maximum absolute atomic E-state index is 12.8. The molecule has 6 nitrogen and oxygen atoms in total. The molecule has 4 rings (SSSR count). The Labute approximate surface area is 163 Å². The van der Waals surface area contributed by atoms with Gasteiger partial charge >= 0.3 is 0 Å². The first-order valence-corrected chi connectivity index (χ1v) is 11.8. The number of hydrogen-bond donors (Lipinski definition) is 2. The lowest BCUT2D eigenvalue weighted by atomic mass is 10.1. The first-order chi connectivity index (χ1) is 13.0. The minimum absolute atomic E-state index is 0.110. The highest BCUT2D eigenvalue weighted by Gasteiger charge is 2.33. The summed E-state index contributed by atoms with van der Waals surface area (Å²) in [6.07, 6.45) is 0.665.